The number of likely N-dealkylation sites (tertiary alicyclic amines) is 1. The lowest BCUT2D eigenvalue weighted by Gasteiger charge is -2.44. The van der Waals surface area contributed by atoms with Crippen molar-refractivity contribution < 1.29 is 14.3 Å². The lowest BCUT2D eigenvalue weighted by Crippen LogP contribution is -2.54. The zero-order valence-electron chi connectivity index (χ0n) is 21.1. The van der Waals surface area contributed by atoms with E-state index >= 15 is 0 Å². The molecule has 0 saturated carbocycles. The highest BCUT2D eigenvalue weighted by Crippen LogP contribution is 2.57. The Morgan fingerprint density at radius 2 is 1.30 bits per heavy atom. The second-order valence-corrected chi connectivity index (χ2v) is 10.5. The molecule has 4 heteroatoms. The zero-order valence-corrected chi connectivity index (χ0v) is 21.1. The number of fused-ring (bicyclic) bond motifs is 3. The van der Waals surface area contributed by atoms with Crippen LogP contribution in [0, 0.1) is 5.41 Å². The van der Waals surface area contributed by atoms with Crippen molar-refractivity contribution in [3.63, 3.8) is 0 Å². The van der Waals surface area contributed by atoms with Gasteiger partial charge in [-0.15, -0.1) is 0 Å². The number of esters is 1. The minimum atomic E-state index is -0.949. The third-order valence-electron chi connectivity index (χ3n) is 7.79. The minimum absolute atomic E-state index is 0.0514. The van der Waals surface area contributed by atoms with Crippen LogP contribution in [0.5, 0.6) is 0 Å². The number of benzene rings is 4. The van der Waals surface area contributed by atoms with Gasteiger partial charge >= 0.3 is 5.97 Å². The number of hydrogen-bond donors (Lipinski definition) is 0. The largest absolute Gasteiger partial charge is 0.459 e. The van der Waals surface area contributed by atoms with E-state index in [1.54, 1.807) is 0 Å². The highest BCUT2D eigenvalue weighted by Gasteiger charge is 2.61. The molecule has 0 spiro atoms. The van der Waals surface area contributed by atoms with Crippen LogP contribution in [0.4, 0.5) is 0 Å². The van der Waals surface area contributed by atoms with Crippen molar-refractivity contribution in [1.82, 2.24) is 4.90 Å². The Morgan fingerprint density at radius 1 is 0.784 bits per heavy atom. The first-order valence-electron chi connectivity index (χ1n) is 12.7. The molecule has 2 aliphatic rings. The summed E-state index contributed by atoms with van der Waals surface area (Å²) in [5, 5.41) is 0. The molecule has 0 radical (unpaired) electrons. The average molecular weight is 488 g/mol. The lowest BCUT2D eigenvalue weighted by atomic mass is 9.78. The molecule has 1 atom stereocenters. The SMILES string of the molecule is CC1(C)CC(C(=O)OCc2ccccc2)N(C2(c3ccccc3)c3ccccc3-c3ccccc32)C1=O. The van der Waals surface area contributed by atoms with Gasteiger partial charge in [-0.1, -0.05) is 123 Å². The summed E-state index contributed by atoms with van der Waals surface area (Å²) in [5.74, 6) is -0.426. The van der Waals surface area contributed by atoms with Crippen LogP contribution < -0.4 is 0 Å². The first-order chi connectivity index (χ1) is 17.9. The second-order valence-electron chi connectivity index (χ2n) is 10.5. The maximum atomic E-state index is 14.3. The zero-order chi connectivity index (χ0) is 25.6. The van der Waals surface area contributed by atoms with E-state index in [0.717, 1.165) is 33.4 Å². The Balaban J connectivity index is 1.55. The first kappa shape index (κ1) is 23.2. The molecule has 4 aromatic carbocycles. The van der Waals surface area contributed by atoms with Crippen molar-refractivity contribution in [3.05, 3.63) is 131 Å². The topological polar surface area (TPSA) is 46.6 Å². The summed E-state index contributed by atoms with van der Waals surface area (Å²) in [6, 6.07) is 35.5. The number of carbonyl (C=O) groups is 2. The summed E-state index contributed by atoms with van der Waals surface area (Å²) < 4.78 is 5.87. The van der Waals surface area contributed by atoms with Gasteiger partial charge < -0.3 is 9.64 Å². The van der Waals surface area contributed by atoms with Crippen molar-refractivity contribution >= 4 is 11.9 Å². The normalized spacial score (nSPS) is 18.8. The molecule has 1 unspecified atom stereocenters. The highest BCUT2D eigenvalue weighted by molar-refractivity contribution is 5.96. The summed E-state index contributed by atoms with van der Waals surface area (Å²) in [6.45, 7) is 4.03. The van der Waals surface area contributed by atoms with Crippen LogP contribution in [0.15, 0.2) is 109 Å². The van der Waals surface area contributed by atoms with E-state index in [0.29, 0.717) is 6.42 Å². The Hall–Kier alpha value is -4.18. The molecule has 1 fully saturated rings. The molecule has 184 valence electrons. The third-order valence-corrected chi connectivity index (χ3v) is 7.79. The fourth-order valence-electron chi connectivity index (χ4n) is 6.13. The predicted octanol–water partition coefficient (Wildman–Crippen LogP) is 6.33. The van der Waals surface area contributed by atoms with E-state index in [-0.39, 0.29) is 18.5 Å². The maximum Gasteiger partial charge on any atom is 0.329 e. The molecular formula is C33H29NO3. The van der Waals surface area contributed by atoms with Crippen molar-refractivity contribution in [2.75, 3.05) is 0 Å². The van der Waals surface area contributed by atoms with Gasteiger partial charge in [-0.2, -0.15) is 0 Å². The average Bonchev–Trinajstić information content (AvgIpc) is 3.36. The summed E-state index contributed by atoms with van der Waals surface area (Å²) in [4.78, 5) is 30.0. The molecule has 0 N–H and O–H groups in total. The maximum absolute atomic E-state index is 14.3. The van der Waals surface area contributed by atoms with Crippen LogP contribution >= 0.6 is 0 Å². The lowest BCUT2D eigenvalue weighted by molar-refractivity contribution is -0.156. The van der Waals surface area contributed by atoms with Crippen LogP contribution in [0.1, 0.15) is 42.5 Å². The molecule has 0 bridgehead atoms. The van der Waals surface area contributed by atoms with E-state index in [1.165, 1.54) is 0 Å². The van der Waals surface area contributed by atoms with Crippen LogP contribution in [0.2, 0.25) is 0 Å². The fraction of sp³-hybridized carbons (Fsp3) is 0.212. The van der Waals surface area contributed by atoms with Crippen molar-refractivity contribution in [1.29, 1.82) is 0 Å². The van der Waals surface area contributed by atoms with E-state index in [2.05, 4.69) is 36.4 Å². The van der Waals surface area contributed by atoms with Gasteiger partial charge in [0.25, 0.3) is 0 Å². The van der Waals surface area contributed by atoms with Crippen LogP contribution in [0.25, 0.3) is 11.1 Å². The molecule has 4 nitrogen and oxygen atoms in total. The number of nitrogens with zero attached hydrogens (tertiary/aromatic N) is 1. The van der Waals surface area contributed by atoms with Gasteiger partial charge in [-0.05, 0) is 39.8 Å². The van der Waals surface area contributed by atoms with E-state index in [9.17, 15) is 9.59 Å². The summed E-state index contributed by atoms with van der Waals surface area (Å²) >= 11 is 0. The van der Waals surface area contributed by atoms with Gasteiger partial charge in [0.15, 0.2) is 0 Å². The molecule has 1 amide bonds. The minimum Gasteiger partial charge on any atom is -0.459 e. The summed E-state index contributed by atoms with van der Waals surface area (Å²) in [7, 11) is 0. The van der Waals surface area contributed by atoms with Crippen molar-refractivity contribution in [3.8, 4) is 11.1 Å². The summed E-state index contributed by atoms with van der Waals surface area (Å²) in [5.41, 5.74) is 4.38. The molecule has 1 heterocycles. The van der Waals surface area contributed by atoms with E-state index in [1.807, 2.05) is 91.5 Å². The highest BCUT2D eigenvalue weighted by atomic mass is 16.5. The number of hydrogen-bond acceptors (Lipinski definition) is 3. The van der Waals surface area contributed by atoms with Gasteiger partial charge in [0.1, 0.15) is 18.2 Å². The summed E-state index contributed by atoms with van der Waals surface area (Å²) in [6.07, 6.45) is 0.387. The third kappa shape index (κ3) is 3.51. The molecule has 1 aliphatic carbocycles. The molecule has 4 aromatic rings. The molecule has 37 heavy (non-hydrogen) atoms. The van der Waals surface area contributed by atoms with Gasteiger partial charge in [0, 0.05) is 5.41 Å². The second kappa shape index (κ2) is 8.74. The Labute approximate surface area is 217 Å². The Kier molecular flexibility index (Phi) is 5.49. The molecular weight excluding hydrogens is 458 g/mol. The van der Waals surface area contributed by atoms with Crippen molar-refractivity contribution in [2.45, 2.75) is 38.5 Å². The number of ether oxygens (including phenoxy) is 1. The van der Waals surface area contributed by atoms with Gasteiger partial charge in [-0.25, -0.2) is 4.79 Å². The van der Waals surface area contributed by atoms with Crippen molar-refractivity contribution in [2.24, 2.45) is 5.41 Å². The Bertz CT molecular complexity index is 1430. The first-order valence-corrected chi connectivity index (χ1v) is 12.7. The standard InChI is InChI=1S/C33H29NO3/c1-32(2)21-29(30(35)37-22-23-13-5-3-6-14-23)34(31(32)36)33(24-15-7-4-8-16-24)27-19-11-9-17-25(27)26-18-10-12-20-28(26)33/h3-20,29H,21-22H2,1-2H3. The van der Waals surface area contributed by atoms with Crippen LogP contribution in [-0.4, -0.2) is 22.8 Å². The molecule has 6 rings (SSSR count). The smallest absolute Gasteiger partial charge is 0.329 e. The number of amides is 1. The Morgan fingerprint density at radius 3 is 1.89 bits per heavy atom. The fourth-order valence-corrected chi connectivity index (χ4v) is 6.13. The molecule has 0 aromatic heterocycles. The monoisotopic (exact) mass is 487 g/mol. The molecule has 1 aliphatic heterocycles. The van der Waals surface area contributed by atoms with E-state index < -0.39 is 17.0 Å². The van der Waals surface area contributed by atoms with Gasteiger partial charge in [0.2, 0.25) is 5.91 Å². The predicted molar refractivity (Wildman–Crippen MR) is 143 cm³/mol. The number of carbonyl (C=O) groups excluding carboxylic acids is 2. The van der Waals surface area contributed by atoms with Gasteiger partial charge in [0.05, 0.1) is 0 Å². The van der Waals surface area contributed by atoms with Crippen LogP contribution in [-0.2, 0) is 26.5 Å². The van der Waals surface area contributed by atoms with Crippen LogP contribution in [0.3, 0.4) is 0 Å². The number of rotatable bonds is 5. The molecule has 1 saturated heterocycles. The van der Waals surface area contributed by atoms with E-state index in [4.69, 9.17) is 4.74 Å². The van der Waals surface area contributed by atoms with Gasteiger partial charge in [-0.3, -0.25) is 4.79 Å². The quantitative estimate of drug-likeness (QED) is 0.309.